The van der Waals surface area contributed by atoms with E-state index in [4.69, 9.17) is 4.98 Å². The van der Waals surface area contributed by atoms with Gasteiger partial charge in [-0.2, -0.15) is 5.10 Å². The van der Waals surface area contributed by atoms with Gasteiger partial charge in [-0.25, -0.2) is 9.97 Å². The highest BCUT2D eigenvalue weighted by Crippen LogP contribution is 2.36. The highest BCUT2D eigenvalue weighted by Gasteiger charge is 2.17. The van der Waals surface area contributed by atoms with Gasteiger partial charge in [-0.15, -0.1) is 11.3 Å². The molecule has 0 saturated heterocycles. The Kier molecular flexibility index (Phi) is 4.52. The first-order chi connectivity index (χ1) is 15.7. The molecule has 0 spiro atoms. The Labute approximate surface area is 189 Å². The molecule has 6 rings (SSSR count). The van der Waals surface area contributed by atoms with E-state index in [0.717, 1.165) is 63.5 Å². The van der Waals surface area contributed by atoms with Gasteiger partial charge in [0.25, 0.3) is 0 Å². The number of aromatic nitrogens is 5. The number of rotatable bonds is 4. The summed E-state index contributed by atoms with van der Waals surface area (Å²) in [6, 6.07) is 12.8. The summed E-state index contributed by atoms with van der Waals surface area (Å²) >= 11 is 1.73. The minimum Gasteiger partial charge on any atom is -0.335 e. The number of aromatic amines is 2. The zero-order chi connectivity index (χ0) is 21.7. The van der Waals surface area contributed by atoms with Crippen molar-refractivity contribution in [3.05, 3.63) is 65.7 Å². The van der Waals surface area contributed by atoms with E-state index in [1.54, 1.807) is 11.3 Å². The predicted octanol–water partition coefficient (Wildman–Crippen LogP) is 5.64. The molecule has 0 aliphatic carbocycles. The number of nitrogens with one attached hydrogen (secondary N) is 3. The van der Waals surface area contributed by atoms with Crippen LogP contribution in [0.2, 0.25) is 0 Å². The summed E-state index contributed by atoms with van der Waals surface area (Å²) in [5.41, 5.74) is 8.19. The maximum atomic E-state index is 4.79. The Bertz CT molecular complexity index is 1520. The number of benzene rings is 1. The molecule has 5 heterocycles. The van der Waals surface area contributed by atoms with Crippen molar-refractivity contribution >= 4 is 44.5 Å². The van der Waals surface area contributed by atoms with Gasteiger partial charge in [-0.1, -0.05) is 18.7 Å². The fourth-order valence-electron chi connectivity index (χ4n) is 4.22. The molecule has 32 heavy (non-hydrogen) atoms. The van der Waals surface area contributed by atoms with E-state index in [1.807, 2.05) is 19.2 Å². The minimum absolute atomic E-state index is 0.691. The van der Waals surface area contributed by atoms with Crippen molar-refractivity contribution < 1.29 is 0 Å². The molecule has 5 aromatic rings. The molecule has 0 saturated carbocycles. The molecule has 1 aliphatic heterocycles. The maximum Gasteiger partial charge on any atom is 0.178 e. The summed E-state index contributed by atoms with van der Waals surface area (Å²) in [5.74, 6) is 0.722. The molecule has 0 bridgehead atoms. The number of hydrogen-bond donors (Lipinski definition) is 3. The molecule has 158 valence electrons. The van der Waals surface area contributed by atoms with Crippen LogP contribution < -0.4 is 5.32 Å². The first-order valence-corrected chi connectivity index (χ1v) is 11.5. The van der Waals surface area contributed by atoms with Gasteiger partial charge in [-0.3, -0.25) is 5.10 Å². The van der Waals surface area contributed by atoms with Crippen LogP contribution in [0.4, 0.5) is 0 Å². The van der Waals surface area contributed by atoms with Crippen LogP contribution in [-0.2, 0) is 0 Å². The van der Waals surface area contributed by atoms with Crippen LogP contribution in [0.25, 0.3) is 55.2 Å². The fraction of sp³-hybridized carbons (Fsp3) is 0.160. The third kappa shape index (κ3) is 3.18. The molecule has 6 nitrogen and oxygen atoms in total. The second kappa shape index (κ2) is 7.55. The van der Waals surface area contributed by atoms with Crippen LogP contribution in [0.15, 0.2) is 55.3 Å². The highest BCUT2D eigenvalue weighted by molar-refractivity contribution is 7.16. The third-order valence-electron chi connectivity index (χ3n) is 5.91. The summed E-state index contributed by atoms with van der Waals surface area (Å²) in [4.78, 5) is 15.1. The molecule has 0 radical (unpaired) electrons. The number of fused-ring (bicyclic) bond motifs is 2. The van der Waals surface area contributed by atoms with Crippen LogP contribution in [0.3, 0.4) is 0 Å². The number of hydrogen-bond acceptors (Lipinski definition) is 5. The molecule has 0 amide bonds. The fourth-order valence-corrected chi connectivity index (χ4v) is 5.18. The summed E-state index contributed by atoms with van der Waals surface area (Å²) in [5, 5.41) is 12.2. The standard InChI is InChI=1S/C25H22N6S/c1-14(2)20-5-6-21(32-20)17-9-12-27-24-22(17)28-25(29-24)23-18-13-16(3-4-19(18)30-31-23)15-7-10-26-11-8-15/h3-7,9,12-13,26H,1,8,10-11H2,2H3,(H,30,31)(H,27,28,29). The molecule has 7 heteroatoms. The first-order valence-electron chi connectivity index (χ1n) is 10.7. The van der Waals surface area contributed by atoms with Gasteiger partial charge in [0.2, 0.25) is 0 Å². The quantitative estimate of drug-likeness (QED) is 0.339. The van der Waals surface area contributed by atoms with Gasteiger partial charge in [0.05, 0.1) is 11.0 Å². The Balaban J connectivity index is 1.47. The average Bonchev–Trinajstić information content (AvgIpc) is 3.56. The van der Waals surface area contributed by atoms with E-state index in [0.29, 0.717) is 5.65 Å². The van der Waals surface area contributed by atoms with Crippen molar-refractivity contribution in [1.82, 2.24) is 30.5 Å². The average molecular weight is 439 g/mol. The summed E-state index contributed by atoms with van der Waals surface area (Å²) in [7, 11) is 0. The van der Waals surface area contributed by atoms with Crippen LogP contribution in [0.1, 0.15) is 23.8 Å². The van der Waals surface area contributed by atoms with Crippen molar-refractivity contribution in [3.8, 4) is 22.0 Å². The summed E-state index contributed by atoms with van der Waals surface area (Å²) < 4.78 is 0. The van der Waals surface area contributed by atoms with Crippen molar-refractivity contribution in [3.63, 3.8) is 0 Å². The largest absolute Gasteiger partial charge is 0.335 e. The summed E-state index contributed by atoms with van der Waals surface area (Å²) in [6.07, 6.45) is 5.11. The third-order valence-corrected chi connectivity index (χ3v) is 7.19. The topological polar surface area (TPSA) is 82.3 Å². The zero-order valence-corrected chi connectivity index (χ0v) is 18.5. The van der Waals surface area contributed by atoms with Gasteiger partial charge in [0, 0.05) is 33.4 Å². The number of H-pyrrole nitrogens is 2. The lowest BCUT2D eigenvalue weighted by Gasteiger charge is -2.14. The molecule has 4 aromatic heterocycles. The highest BCUT2D eigenvalue weighted by atomic mass is 32.1. The van der Waals surface area contributed by atoms with Gasteiger partial charge in [-0.05, 0) is 66.9 Å². The normalized spacial score (nSPS) is 14.2. The van der Waals surface area contributed by atoms with Crippen molar-refractivity contribution in [2.45, 2.75) is 13.3 Å². The number of allylic oxidation sites excluding steroid dienone is 1. The molecule has 1 aliphatic rings. The molecular formula is C25H22N6S. The lowest BCUT2D eigenvalue weighted by Crippen LogP contribution is -2.19. The van der Waals surface area contributed by atoms with Crippen molar-refractivity contribution in [2.75, 3.05) is 13.1 Å². The molecule has 0 fully saturated rings. The van der Waals surface area contributed by atoms with E-state index < -0.39 is 0 Å². The molecule has 0 unspecified atom stereocenters. The van der Waals surface area contributed by atoms with Gasteiger partial charge < -0.3 is 10.3 Å². The van der Waals surface area contributed by atoms with Crippen LogP contribution in [-0.4, -0.2) is 38.2 Å². The van der Waals surface area contributed by atoms with Crippen LogP contribution in [0, 0.1) is 0 Å². The Morgan fingerprint density at radius 3 is 2.91 bits per heavy atom. The van der Waals surface area contributed by atoms with Gasteiger partial charge >= 0.3 is 0 Å². The monoisotopic (exact) mass is 438 g/mol. The lowest BCUT2D eigenvalue weighted by atomic mass is 9.98. The molecular weight excluding hydrogens is 416 g/mol. The lowest BCUT2D eigenvalue weighted by molar-refractivity contribution is 0.739. The molecule has 1 aromatic carbocycles. The summed E-state index contributed by atoms with van der Waals surface area (Å²) in [6.45, 7) is 8.02. The van der Waals surface area contributed by atoms with E-state index >= 15 is 0 Å². The molecule has 0 atom stereocenters. The van der Waals surface area contributed by atoms with Crippen LogP contribution >= 0.6 is 11.3 Å². The van der Waals surface area contributed by atoms with Gasteiger partial charge in [0.1, 0.15) is 5.69 Å². The van der Waals surface area contributed by atoms with Crippen molar-refractivity contribution in [2.24, 2.45) is 0 Å². The minimum atomic E-state index is 0.691. The Morgan fingerprint density at radius 1 is 1.16 bits per heavy atom. The number of pyridine rings is 1. The van der Waals surface area contributed by atoms with Crippen molar-refractivity contribution in [1.29, 1.82) is 0 Å². The maximum absolute atomic E-state index is 4.79. The number of imidazole rings is 1. The van der Waals surface area contributed by atoms with Gasteiger partial charge in [0.15, 0.2) is 11.5 Å². The van der Waals surface area contributed by atoms with Crippen LogP contribution in [0.5, 0.6) is 0 Å². The van der Waals surface area contributed by atoms with E-state index in [1.165, 1.54) is 16.0 Å². The van der Waals surface area contributed by atoms with E-state index in [2.05, 4.69) is 68.5 Å². The number of thiophene rings is 1. The number of nitrogens with zero attached hydrogens (tertiary/aromatic N) is 3. The molecule has 3 N–H and O–H groups in total. The zero-order valence-electron chi connectivity index (χ0n) is 17.7. The second-order valence-electron chi connectivity index (χ2n) is 8.10. The first kappa shape index (κ1) is 19.2. The van der Waals surface area contributed by atoms with E-state index in [9.17, 15) is 0 Å². The SMILES string of the molecule is C=C(C)c1ccc(-c2ccnc3nc(-c4n[nH]c5ccc(C6=CCNCC6)cc45)[nH]c23)s1. The van der Waals surface area contributed by atoms with E-state index in [-0.39, 0.29) is 0 Å². The second-order valence-corrected chi connectivity index (χ2v) is 9.19. The Morgan fingerprint density at radius 2 is 2.09 bits per heavy atom. The predicted molar refractivity (Wildman–Crippen MR) is 132 cm³/mol. The smallest absolute Gasteiger partial charge is 0.178 e. The Hall–Kier alpha value is -3.55.